The van der Waals surface area contributed by atoms with Gasteiger partial charge >= 0.3 is 0 Å². The van der Waals surface area contributed by atoms with Crippen molar-refractivity contribution in [3.05, 3.63) is 0 Å². The maximum atomic E-state index is 2.68. The van der Waals surface area contributed by atoms with Crippen LogP contribution in [0, 0.1) is 0 Å². The van der Waals surface area contributed by atoms with E-state index in [0.29, 0.717) is 0 Å². The van der Waals surface area contributed by atoms with Crippen LogP contribution in [-0.4, -0.2) is 72.6 Å². The van der Waals surface area contributed by atoms with Gasteiger partial charge in [-0.15, -0.1) is 0 Å². The molecule has 0 saturated carbocycles. The molecule has 88 valence electrons. The van der Waals surface area contributed by atoms with Crippen LogP contribution in [0.3, 0.4) is 0 Å². The zero-order chi connectivity index (χ0) is 11.0. The van der Waals surface area contributed by atoms with Crippen LogP contribution in [0.5, 0.6) is 0 Å². The minimum atomic E-state index is 0.728. The smallest absolute Gasteiger partial charge is 0.0351 e. The largest absolute Gasteiger partial charge is 0.301 e. The van der Waals surface area contributed by atoms with E-state index < -0.39 is 0 Å². The van der Waals surface area contributed by atoms with Crippen molar-refractivity contribution in [3.8, 4) is 0 Å². The van der Waals surface area contributed by atoms with Crippen LogP contribution in [0.4, 0.5) is 0 Å². The van der Waals surface area contributed by atoms with Gasteiger partial charge in [-0.05, 0) is 27.8 Å². The number of likely N-dealkylation sites (N-methyl/N-ethyl adjacent to an activating group) is 1. The molecular formula is C12H25N3. The molecule has 0 spiro atoms. The fourth-order valence-corrected chi connectivity index (χ4v) is 2.55. The van der Waals surface area contributed by atoms with Crippen molar-refractivity contribution < 1.29 is 0 Å². The lowest BCUT2D eigenvalue weighted by Gasteiger charge is -2.50. The zero-order valence-electron chi connectivity index (χ0n) is 10.6. The predicted molar refractivity (Wildman–Crippen MR) is 64.2 cm³/mol. The maximum absolute atomic E-state index is 2.68. The highest BCUT2D eigenvalue weighted by Crippen LogP contribution is 2.20. The van der Waals surface area contributed by atoms with Gasteiger partial charge < -0.3 is 4.90 Å². The summed E-state index contributed by atoms with van der Waals surface area (Å²) in [6.07, 6.45) is 0. The molecule has 0 N–H and O–H groups in total. The second-order valence-corrected chi connectivity index (χ2v) is 5.53. The number of likely N-dealkylation sites (tertiary alicyclic amines) is 1. The Morgan fingerprint density at radius 1 is 1.07 bits per heavy atom. The van der Waals surface area contributed by atoms with Crippen molar-refractivity contribution >= 4 is 0 Å². The summed E-state index contributed by atoms with van der Waals surface area (Å²) in [5.41, 5.74) is 0. The molecule has 1 atom stereocenters. The lowest BCUT2D eigenvalue weighted by Crippen LogP contribution is -2.65. The van der Waals surface area contributed by atoms with E-state index in [1.54, 1.807) is 0 Å². The molecule has 0 aliphatic carbocycles. The van der Waals surface area contributed by atoms with Gasteiger partial charge in [0.25, 0.3) is 0 Å². The van der Waals surface area contributed by atoms with Gasteiger partial charge in [-0.1, -0.05) is 0 Å². The molecule has 0 aromatic heterocycles. The number of hydrogen-bond donors (Lipinski definition) is 0. The molecular weight excluding hydrogens is 186 g/mol. The first-order valence-electron chi connectivity index (χ1n) is 6.26. The molecule has 0 radical (unpaired) electrons. The fourth-order valence-electron chi connectivity index (χ4n) is 2.55. The maximum Gasteiger partial charge on any atom is 0.0351 e. The third-order valence-corrected chi connectivity index (χ3v) is 4.13. The molecule has 3 nitrogen and oxygen atoms in total. The molecule has 0 amide bonds. The van der Waals surface area contributed by atoms with E-state index in [4.69, 9.17) is 0 Å². The van der Waals surface area contributed by atoms with Gasteiger partial charge in [0.05, 0.1) is 0 Å². The van der Waals surface area contributed by atoms with Gasteiger partial charge in [-0.25, -0.2) is 0 Å². The summed E-state index contributed by atoms with van der Waals surface area (Å²) in [4.78, 5) is 7.71. The van der Waals surface area contributed by atoms with E-state index in [1.807, 2.05) is 0 Å². The minimum absolute atomic E-state index is 0.728. The molecule has 2 aliphatic heterocycles. The van der Waals surface area contributed by atoms with Crippen molar-refractivity contribution in [2.24, 2.45) is 0 Å². The zero-order valence-corrected chi connectivity index (χ0v) is 10.6. The molecule has 2 rings (SSSR count). The summed E-state index contributed by atoms with van der Waals surface area (Å²) in [7, 11) is 2.24. The Labute approximate surface area is 94.0 Å². The summed E-state index contributed by atoms with van der Waals surface area (Å²) in [6, 6.07) is 2.29. The summed E-state index contributed by atoms with van der Waals surface area (Å²) < 4.78 is 0. The van der Waals surface area contributed by atoms with Gasteiger partial charge in [0.2, 0.25) is 0 Å². The van der Waals surface area contributed by atoms with Crippen LogP contribution in [0.1, 0.15) is 20.8 Å². The highest BCUT2D eigenvalue weighted by atomic mass is 15.4. The molecule has 2 heterocycles. The first-order chi connectivity index (χ1) is 7.08. The molecule has 0 unspecified atom stereocenters. The highest BCUT2D eigenvalue weighted by molar-refractivity contribution is 4.92. The monoisotopic (exact) mass is 211 g/mol. The van der Waals surface area contributed by atoms with Crippen LogP contribution in [-0.2, 0) is 0 Å². The Balaban J connectivity index is 1.77. The lowest BCUT2D eigenvalue weighted by molar-refractivity contribution is -0.0190. The van der Waals surface area contributed by atoms with E-state index in [-0.39, 0.29) is 0 Å². The molecule has 2 aliphatic rings. The Morgan fingerprint density at radius 3 is 2.27 bits per heavy atom. The second kappa shape index (κ2) is 4.40. The van der Waals surface area contributed by atoms with Gasteiger partial charge in [-0.2, -0.15) is 0 Å². The van der Waals surface area contributed by atoms with Gasteiger partial charge in [0.1, 0.15) is 0 Å². The van der Waals surface area contributed by atoms with E-state index >= 15 is 0 Å². The number of piperazine rings is 1. The lowest BCUT2D eigenvalue weighted by atomic mass is 10.0. The van der Waals surface area contributed by atoms with Crippen LogP contribution in [0.25, 0.3) is 0 Å². The molecule has 2 fully saturated rings. The third kappa shape index (κ3) is 2.35. The van der Waals surface area contributed by atoms with Crippen molar-refractivity contribution in [1.29, 1.82) is 0 Å². The van der Waals surface area contributed by atoms with Gasteiger partial charge in [0, 0.05) is 50.8 Å². The fraction of sp³-hybridized carbons (Fsp3) is 1.00. The first kappa shape index (κ1) is 11.4. The molecule has 0 aromatic rings. The molecule has 3 heteroatoms. The Morgan fingerprint density at radius 2 is 1.73 bits per heavy atom. The SMILES string of the molecule is CC(C)N1CC(N2CCN(C)[C@@H](C)C2)C1. The molecule has 15 heavy (non-hydrogen) atoms. The van der Waals surface area contributed by atoms with Crippen molar-refractivity contribution in [3.63, 3.8) is 0 Å². The topological polar surface area (TPSA) is 9.72 Å². The second-order valence-electron chi connectivity index (χ2n) is 5.53. The Kier molecular flexibility index (Phi) is 3.33. The van der Waals surface area contributed by atoms with E-state index in [2.05, 4.69) is 42.5 Å². The van der Waals surface area contributed by atoms with Gasteiger partial charge in [0.15, 0.2) is 0 Å². The predicted octanol–water partition coefficient (Wildman–Crippen LogP) is 0.715. The standard InChI is InChI=1S/C12H25N3/c1-10(2)15-8-12(9-15)14-6-5-13(4)11(3)7-14/h10-12H,5-9H2,1-4H3/t11-/m0/s1. The van der Waals surface area contributed by atoms with E-state index in [0.717, 1.165) is 18.1 Å². The van der Waals surface area contributed by atoms with Crippen molar-refractivity contribution in [2.45, 2.75) is 38.9 Å². The first-order valence-corrected chi connectivity index (χ1v) is 6.26. The van der Waals surface area contributed by atoms with Crippen LogP contribution >= 0.6 is 0 Å². The molecule has 2 saturated heterocycles. The van der Waals surface area contributed by atoms with E-state index in [9.17, 15) is 0 Å². The van der Waals surface area contributed by atoms with Crippen molar-refractivity contribution in [1.82, 2.24) is 14.7 Å². The average Bonchev–Trinajstić information content (AvgIpc) is 2.08. The molecule has 0 aromatic carbocycles. The van der Waals surface area contributed by atoms with E-state index in [1.165, 1.54) is 32.7 Å². The number of nitrogens with zero attached hydrogens (tertiary/aromatic N) is 3. The van der Waals surface area contributed by atoms with Crippen LogP contribution in [0.2, 0.25) is 0 Å². The molecule has 0 bridgehead atoms. The Bertz CT molecular complexity index is 211. The average molecular weight is 211 g/mol. The number of hydrogen-bond acceptors (Lipinski definition) is 3. The summed E-state index contributed by atoms with van der Waals surface area (Å²) >= 11 is 0. The van der Waals surface area contributed by atoms with Gasteiger partial charge in [-0.3, -0.25) is 9.80 Å². The minimum Gasteiger partial charge on any atom is -0.301 e. The highest BCUT2D eigenvalue weighted by Gasteiger charge is 2.35. The quantitative estimate of drug-likeness (QED) is 0.666. The van der Waals surface area contributed by atoms with Crippen molar-refractivity contribution in [2.75, 3.05) is 39.8 Å². The van der Waals surface area contributed by atoms with Crippen LogP contribution in [0.15, 0.2) is 0 Å². The third-order valence-electron chi connectivity index (χ3n) is 4.13. The van der Waals surface area contributed by atoms with Crippen LogP contribution < -0.4 is 0 Å². The summed E-state index contributed by atoms with van der Waals surface area (Å²) in [5.74, 6) is 0. The number of rotatable bonds is 2. The summed E-state index contributed by atoms with van der Waals surface area (Å²) in [5, 5.41) is 0. The normalized spacial score (nSPS) is 32.2. The summed E-state index contributed by atoms with van der Waals surface area (Å²) in [6.45, 7) is 13.3. The Hall–Kier alpha value is -0.120.